The molecule has 12 heavy (non-hydrogen) atoms. The van der Waals surface area contributed by atoms with Gasteiger partial charge in [-0.25, -0.2) is 0 Å². The monoisotopic (exact) mass is 164 g/mol. The van der Waals surface area contributed by atoms with Crippen molar-refractivity contribution in [1.82, 2.24) is 0 Å². The Labute approximate surface area is 74.2 Å². The fourth-order valence-electron chi connectivity index (χ4n) is 1.68. The summed E-state index contributed by atoms with van der Waals surface area (Å²) in [5.74, 6) is 0.104. The Morgan fingerprint density at radius 3 is 2.42 bits per heavy atom. The predicted octanol–water partition coefficient (Wildman–Crippen LogP) is 3.02. The van der Waals surface area contributed by atoms with Gasteiger partial charge in [0.15, 0.2) is 5.78 Å². The smallest absolute Gasteiger partial charge is 0.180 e. The van der Waals surface area contributed by atoms with E-state index in [0.29, 0.717) is 0 Å². The zero-order valence-corrected chi connectivity index (χ0v) is 7.73. The van der Waals surface area contributed by atoms with Gasteiger partial charge in [-0.1, -0.05) is 18.6 Å². The van der Waals surface area contributed by atoms with E-state index in [2.05, 4.69) is 6.58 Å². The van der Waals surface area contributed by atoms with Crippen molar-refractivity contribution in [2.24, 2.45) is 0 Å². The summed E-state index contributed by atoms with van der Waals surface area (Å²) < 4.78 is 0. The van der Waals surface area contributed by atoms with Gasteiger partial charge in [0, 0.05) is 0 Å². The van der Waals surface area contributed by atoms with Crippen LogP contribution in [-0.2, 0) is 4.79 Å². The first-order valence-electron chi connectivity index (χ1n) is 4.61. The Morgan fingerprint density at radius 1 is 1.33 bits per heavy atom. The molecule has 0 heterocycles. The van der Waals surface area contributed by atoms with E-state index in [1.807, 2.05) is 6.92 Å². The molecule has 1 saturated carbocycles. The second-order valence-electron chi connectivity index (χ2n) is 3.36. The van der Waals surface area contributed by atoms with Gasteiger partial charge in [0.25, 0.3) is 0 Å². The maximum atomic E-state index is 11.2. The average Bonchev–Trinajstić information content (AvgIpc) is 2.17. The van der Waals surface area contributed by atoms with Crippen molar-refractivity contribution < 1.29 is 4.79 Å². The van der Waals surface area contributed by atoms with Crippen LogP contribution in [0.3, 0.4) is 0 Å². The molecule has 1 nitrogen and oxygen atoms in total. The average molecular weight is 164 g/mol. The molecule has 0 aromatic carbocycles. The van der Waals surface area contributed by atoms with Crippen LogP contribution < -0.4 is 0 Å². The Hall–Kier alpha value is -0.850. The van der Waals surface area contributed by atoms with Crippen LogP contribution in [-0.4, -0.2) is 5.78 Å². The number of rotatable bonds is 2. The van der Waals surface area contributed by atoms with Crippen molar-refractivity contribution in [2.75, 3.05) is 0 Å². The molecule has 0 atom stereocenters. The van der Waals surface area contributed by atoms with Gasteiger partial charge in [-0.15, -0.1) is 0 Å². The van der Waals surface area contributed by atoms with Gasteiger partial charge in [0.2, 0.25) is 0 Å². The van der Waals surface area contributed by atoms with Crippen LogP contribution in [0.2, 0.25) is 0 Å². The lowest BCUT2D eigenvalue weighted by atomic mass is 9.90. The van der Waals surface area contributed by atoms with Gasteiger partial charge >= 0.3 is 0 Å². The van der Waals surface area contributed by atoms with Gasteiger partial charge in [-0.05, 0) is 44.3 Å². The normalized spacial score (nSPS) is 17.2. The molecule has 0 aliphatic heterocycles. The number of ketones is 1. The highest BCUT2D eigenvalue weighted by Gasteiger charge is 2.11. The lowest BCUT2D eigenvalue weighted by Gasteiger charge is -2.15. The van der Waals surface area contributed by atoms with Crippen LogP contribution >= 0.6 is 0 Å². The summed E-state index contributed by atoms with van der Waals surface area (Å²) in [6.07, 6.45) is 7.46. The Bertz CT molecular complexity index is 215. The summed E-state index contributed by atoms with van der Waals surface area (Å²) in [5.41, 5.74) is 2.29. The van der Waals surface area contributed by atoms with Crippen molar-refractivity contribution in [3.8, 4) is 0 Å². The largest absolute Gasteiger partial charge is 0.290 e. The molecule has 0 aromatic rings. The first-order valence-corrected chi connectivity index (χ1v) is 4.61. The van der Waals surface area contributed by atoms with Crippen LogP contribution in [0.15, 0.2) is 23.8 Å². The quantitative estimate of drug-likeness (QED) is 0.573. The van der Waals surface area contributed by atoms with Crippen molar-refractivity contribution in [3.05, 3.63) is 23.8 Å². The van der Waals surface area contributed by atoms with Crippen LogP contribution in [0.25, 0.3) is 0 Å². The molecule has 0 saturated heterocycles. The molecule has 0 unspecified atom stereocenters. The minimum absolute atomic E-state index is 0.104. The number of hydrogen-bond acceptors (Lipinski definition) is 1. The second kappa shape index (κ2) is 4.24. The molecule has 1 rings (SSSR count). The number of carbonyl (C=O) groups is 1. The summed E-state index contributed by atoms with van der Waals surface area (Å²) in [6, 6.07) is 0. The molecule has 1 heteroatoms. The maximum absolute atomic E-state index is 11.2. The van der Waals surface area contributed by atoms with Crippen LogP contribution in [0, 0.1) is 0 Å². The minimum Gasteiger partial charge on any atom is -0.290 e. The van der Waals surface area contributed by atoms with E-state index < -0.39 is 0 Å². The molecule has 1 fully saturated rings. The van der Waals surface area contributed by atoms with Gasteiger partial charge in [-0.3, -0.25) is 4.79 Å². The fourth-order valence-corrected chi connectivity index (χ4v) is 1.68. The lowest BCUT2D eigenvalue weighted by Crippen LogP contribution is -2.03. The first kappa shape index (κ1) is 9.24. The van der Waals surface area contributed by atoms with Crippen molar-refractivity contribution >= 4 is 5.78 Å². The van der Waals surface area contributed by atoms with E-state index in [4.69, 9.17) is 0 Å². The Kier molecular flexibility index (Phi) is 3.27. The van der Waals surface area contributed by atoms with E-state index in [-0.39, 0.29) is 5.78 Å². The molecule has 0 N–H and O–H groups in total. The van der Waals surface area contributed by atoms with Crippen molar-refractivity contribution in [2.45, 2.75) is 39.0 Å². The highest BCUT2D eigenvalue weighted by atomic mass is 16.1. The molecule has 0 bridgehead atoms. The molecular weight excluding hydrogens is 148 g/mol. The first-order chi connectivity index (χ1) is 5.75. The highest BCUT2D eigenvalue weighted by molar-refractivity contribution is 6.03. The van der Waals surface area contributed by atoms with E-state index in [1.165, 1.54) is 30.9 Å². The summed E-state index contributed by atoms with van der Waals surface area (Å²) >= 11 is 0. The summed E-state index contributed by atoms with van der Waals surface area (Å²) in [6.45, 7) is 5.41. The molecule has 66 valence electrons. The van der Waals surface area contributed by atoms with Crippen LogP contribution in [0.4, 0.5) is 0 Å². The predicted molar refractivity (Wildman–Crippen MR) is 51.0 cm³/mol. The van der Waals surface area contributed by atoms with Gasteiger partial charge in [0.1, 0.15) is 0 Å². The third-order valence-electron chi connectivity index (χ3n) is 2.54. The van der Waals surface area contributed by atoms with Gasteiger partial charge in [0.05, 0.1) is 0 Å². The van der Waals surface area contributed by atoms with E-state index in [0.717, 1.165) is 18.4 Å². The number of allylic oxidation sites excluding steroid dienone is 3. The molecule has 1 aliphatic carbocycles. The molecule has 1 aliphatic rings. The molecule has 0 aromatic heterocycles. The summed E-state index contributed by atoms with van der Waals surface area (Å²) in [4.78, 5) is 11.2. The number of hydrogen-bond donors (Lipinski definition) is 0. The van der Waals surface area contributed by atoms with Crippen molar-refractivity contribution in [3.63, 3.8) is 0 Å². The highest BCUT2D eigenvalue weighted by Crippen LogP contribution is 2.25. The van der Waals surface area contributed by atoms with E-state index in [1.54, 1.807) is 0 Å². The topological polar surface area (TPSA) is 17.1 Å². The standard InChI is InChI=1S/C11H16O/c1-3-11(12)9(2)10-7-5-4-6-8-10/h3H,1,4-8H2,2H3. The zero-order chi connectivity index (χ0) is 8.97. The minimum atomic E-state index is 0.104. The van der Waals surface area contributed by atoms with Crippen LogP contribution in [0.1, 0.15) is 39.0 Å². The zero-order valence-electron chi connectivity index (χ0n) is 7.73. The van der Waals surface area contributed by atoms with Gasteiger partial charge < -0.3 is 0 Å². The van der Waals surface area contributed by atoms with Crippen LogP contribution in [0.5, 0.6) is 0 Å². The second-order valence-corrected chi connectivity index (χ2v) is 3.36. The van der Waals surface area contributed by atoms with Gasteiger partial charge in [-0.2, -0.15) is 0 Å². The Morgan fingerprint density at radius 2 is 1.92 bits per heavy atom. The molecule has 0 spiro atoms. The van der Waals surface area contributed by atoms with Crippen molar-refractivity contribution in [1.29, 1.82) is 0 Å². The maximum Gasteiger partial charge on any atom is 0.180 e. The SMILES string of the molecule is C=CC(=O)C(C)=C1CCCCC1. The third kappa shape index (κ3) is 2.07. The number of carbonyl (C=O) groups excluding carboxylic acids is 1. The molecule has 0 radical (unpaired) electrons. The summed E-state index contributed by atoms with van der Waals surface area (Å²) in [5, 5.41) is 0. The van der Waals surface area contributed by atoms with E-state index >= 15 is 0 Å². The summed E-state index contributed by atoms with van der Waals surface area (Å²) in [7, 11) is 0. The molecular formula is C11H16O. The lowest BCUT2D eigenvalue weighted by molar-refractivity contribution is -0.111. The fraction of sp³-hybridized carbons (Fsp3) is 0.545. The Balaban J connectivity index is 2.72. The van der Waals surface area contributed by atoms with E-state index in [9.17, 15) is 4.79 Å². The third-order valence-corrected chi connectivity index (χ3v) is 2.54. The molecule has 0 amide bonds.